The van der Waals surface area contributed by atoms with Crippen molar-refractivity contribution in [3.63, 3.8) is 0 Å². The predicted molar refractivity (Wildman–Crippen MR) is 114 cm³/mol. The van der Waals surface area contributed by atoms with Gasteiger partial charge in [0.2, 0.25) is 10.0 Å². The Bertz CT molecular complexity index is 1280. The van der Waals surface area contributed by atoms with Crippen LogP contribution in [0, 0.1) is 10.1 Å². The Morgan fingerprint density at radius 2 is 1.78 bits per heavy atom. The van der Waals surface area contributed by atoms with Crippen molar-refractivity contribution in [2.75, 3.05) is 38.5 Å². The molecule has 3 aliphatic heterocycles. The molecule has 0 aliphatic carbocycles. The number of benzene rings is 1. The first-order chi connectivity index (χ1) is 15.1. The lowest BCUT2D eigenvalue weighted by Crippen LogP contribution is -2.52. The summed E-state index contributed by atoms with van der Waals surface area (Å²) < 4.78 is 54.5. The Labute approximate surface area is 184 Å². The van der Waals surface area contributed by atoms with Crippen molar-refractivity contribution in [1.82, 2.24) is 14.1 Å². The van der Waals surface area contributed by atoms with Gasteiger partial charge in [-0.05, 0) is 18.2 Å². The fourth-order valence-electron chi connectivity index (χ4n) is 3.65. The number of fused-ring (bicyclic) bond motifs is 1. The van der Waals surface area contributed by atoms with E-state index in [9.17, 15) is 31.7 Å². The van der Waals surface area contributed by atoms with Crippen molar-refractivity contribution >= 4 is 37.5 Å². The molecule has 32 heavy (non-hydrogen) atoms. The molecule has 4 rings (SSSR count). The molecule has 0 atom stereocenters. The fourth-order valence-corrected chi connectivity index (χ4v) is 6.22. The van der Waals surface area contributed by atoms with Crippen LogP contribution < -0.4 is 0 Å². The molecule has 3 heterocycles. The minimum Gasteiger partial charge on any atom is -0.336 e. The molecule has 0 radical (unpaired) electrons. The maximum Gasteiger partial charge on any atom is 0.289 e. The van der Waals surface area contributed by atoms with Crippen LogP contribution in [0.4, 0.5) is 5.69 Å². The summed E-state index contributed by atoms with van der Waals surface area (Å²) in [5.41, 5.74) is -0.396. The van der Waals surface area contributed by atoms with Crippen LogP contribution in [0.3, 0.4) is 0 Å². The summed E-state index contributed by atoms with van der Waals surface area (Å²) in [6.45, 7) is 0.152. The van der Waals surface area contributed by atoms with Gasteiger partial charge in [-0.25, -0.2) is 16.8 Å². The number of nitro groups is 1. The number of rotatable bonds is 4. The van der Waals surface area contributed by atoms with E-state index in [0.29, 0.717) is 0 Å². The van der Waals surface area contributed by atoms with Crippen LogP contribution in [0.25, 0.3) is 0 Å². The van der Waals surface area contributed by atoms with Gasteiger partial charge in [0.1, 0.15) is 0 Å². The first-order valence-electron chi connectivity index (χ1n) is 9.61. The number of carbonyl (C=O) groups excluding carboxylic acids is 1. The van der Waals surface area contributed by atoms with Gasteiger partial charge in [-0.3, -0.25) is 14.9 Å². The van der Waals surface area contributed by atoms with Crippen molar-refractivity contribution in [3.8, 4) is 0 Å². The first-order valence-corrected chi connectivity index (χ1v) is 12.7. The summed E-state index contributed by atoms with van der Waals surface area (Å²) in [5, 5.41) is 11.2. The molecule has 1 aromatic carbocycles. The van der Waals surface area contributed by atoms with E-state index in [0.717, 1.165) is 10.4 Å². The number of para-hydroxylation sites is 1. The standard InChI is InChI=1S/C18H19N5O7S2/c24-18(14-4-3-7-20-12-13-31(27,28)19-17(14)20)21-8-10-22(11-9-21)32(29,30)16-6-2-1-5-15(16)23(25)26/h1-7H,8-13H2. The van der Waals surface area contributed by atoms with Crippen molar-refractivity contribution in [3.05, 3.63) is 58.3 Å². The Morgan fingerprint density at radius 3 is 2.47 bits per heavy atom. The molecular formula is C18H19N5O7S2. The van der Waals surface area contributed by atoms with Gasteiger partial charge in [0.15, 0.2) is 10.7 Å². The van der Waals surface area contributed by atoms with Gasteiger partial charge in [-0.15, -0.1) is 4.40 Å². The molecule has 0 saturated carbocycles. The van der Waals surface area contributed by atoms with Gasteiger partial charge in [0.05, 0.1) is 16.2 Å². The number of amides is 1. The number of carbonyl (C=O) groups is 1. The number of hydrogen-bond acceptors (Lipinski definition) is 8. The zero-order valence-corrected chi connectivity index (χ0v) is 18.3. The van der Waals surface area contributed by atoms with Gasteiger partial charge in [-0.2, -0.15) is 4.31 Å². The molecule has 0 bridgehead atoms. The number of nitro benzene ring substituents is 1. The molecule has 3 aliphatic rings. The molecule has 0 spiro atoms. The second-order valence-corrected chi connectivity index (χ2v) is 10.9. The van der Waals surface area contributed by atoms with Gasteiger partial charge in [0, 0.05) is 45.0 Å². The van der Waals surface area contributed by atoms with Crippen molar-refractivity contribution in [2.45, 2.75) is 4.90 Å². The zero-order chi connectivity index (χ0) is 23.1. The highest BCUT2D eigenvalue weighted by molar-refractivity contribution is 7.90. The Hall–Kier alpha value is -3.10. The lowest BCUT2D eigenvalue weighted by Gasteiger charge is -2.36. The van der Waals surface area contributed by atoms with Crippen LogP contribution in [-0.4, -0.2) is 86.1 Å². The predicted octanol–water partition coefficient (Wildman–Crippen LogP) is -0.0747. The normalized spacial score (nSPS) is 20.9. The summed E-state index contributed by atoms with van der Waals surface area (Å²) in [5.74, 6) is -0.554. The number of sulfonamides is 2. The second-order valence-electron chi connectivity index (χ2n) is 7.24. The second kappa shape index (κ2) is 8.11. The van der Waals surface area contributed by atoms with E-state index >= 15 is 0 Å². The van der Waals surface area contributed by atoms with Gasteiger partial charge < -0.3 is 9.80 Å². The molecular weight excluding hydrogens is 462 g/mol. The molecule has 170 valence electrons. The van der Waals surface area contributed by atoms with Gasteiger partial charge in [-0.1, -0.05) is 12.1 Å². The van der Waals surface area contributed by atoms with Crippen molar-refractivity contribution in [2.24, 2.45) is 4.40 Å². The lowest BCUT2D eigenvalue weighted by atomic mass is 10.1. The molecule has 1 saturated heterocycles. The highest BCUT2D eigenvalue weighted by atomic mass is 32.2. The summed E-state index contributed by atoms with van der Waals surface area (Å²) in [4.78, 5) is 26.1. The molecule has 1 aromatic rings. The minimum atomic E-state index is -4.13. The molecule has 12 nitrogen and oxygen atoms in total. The highest BCUT2D eigenvalue weighted by Gasteiger charge is 2.37. The Morgan fingerprint density at radius 1 is 1.09 bits per heavy atom. The van der Waals surface area contributed by atoms with E-state index in [1.165, 1.54) is 29.2 Å². The van der Waals surface area contributed by atoms with Crippen LogP contribution >= 0.6 is 0 Å². The average Bonchev–Trinajstić information content (AvgIpc) is 2.77. The van der Waals surface area contributed by atoms with Gasteiger partial charge >= 0.3 is 0 Å². The summed E-state index contributed by atoms with van der Waals surface area (Å²) >= 11 is 0. The van der Waals surface area contributed by atoms with Crippen LogP contribution in [-0.2, 0) is 24.8 Å². The topological polar surface area (TPSA) is 151 Å². The maximum atomic E-state index is 13.1. The van der Waals surface area contributed by atoms with E-state index in [1.807, 2.05) is 0 Å². The molecule has 14 heteroatoms. The first kappa shape index (κ1) is 22.1. The van der Waals surface area contributed by atoms with E-state index in [4.69, 9.17) is 0 Å². The van der Waals surface area contributed by atoms with Crippen molar-refractivity contribution in [1.29, 1.82) is 0 Å². The number of nitrogens with zero attached hydrogens (tertiary/aromatic N) is 5. The number of piperazine rings is 1. The minimum absolute atomic E-state index is 0.0414. The summed E-state index contributed by atoms with van der Waals surface area (Å²) in [6.07, 6.45) is 4.75. The van der Waals surface area contributed by atoms with Crippen LogP contribution in [0.5, 0.6) is 0 Å². The molecule has 1 fully saturated rings. The number of hydrogen-bond donors (Lipinski definition) is 0. The van der Waals surface area contributed by atoms with Crippen LogP contribution in [0.1, 0.15) is 0 Å². The maximum absolute atomic E-state index is 13.1. The van der Waals surface area contributed by atoms with Crippen molar-refractivity contribution < 1.29 is 26.6 Å². The smallest absolute Gasteiger partial charge is 0.289 e. The van der Waals surface area contributed by atoms with E-state index in [-0.39, 0.29) is 49.9 Å². The molecule has 1 amide bonds. The van der Waals surface area contributed by atoms with E-state index < -0.39 is 41.5 Å². The zero-order valence-electron chi connectivity index (χ0n) is 16.7. The number of allylic oxidation sites excluding steroid dienone is 2. The Balaban J connectivity index is 1.51. The van der Waals surface area contributed by atoms with E-state index in [2.05, 4.69) is 4.40 Å². The molecule has 0 unspecified atom stereocenters. The van der Waals surface area contributed by atoms with E-state index in [1.54, 1.807) is 17.2 Å². The third-order valence-electron chi connectivity index (χ3n) is 5.29. The Kier molecular flexibility index (Phi) is 5.60. The quantitative estimate of drug-likeness (QED) is 0.428. The largest absolute Gasteiger partial charge is 0.336 e. The highest BCUT2D eigenvalue weighted by Crippen LogP contribution is 2.27. The van der Waals surface area contributed by atoms with Gasteiger partial charge in [0.25, 0.3) is 21.6 Å². The molecule has 0 aromatic heterocycles. The summed E-state index contributed by atoms with van der Waals surface area (Å²) in [6, 6.07) is 5.10. The third kappa shape index (κ3) is 4.03. The van der Waals surface area contributed by atoms with Crippen LogP contribution in [0.2, 0.25) is 0 Å². The fraction of sp³-hybridized carbons (Fsp3) is 0.333. The lowest BCUT2D eigenvalue weighted by molar-refractivity contribution is -0.387. The number of amidine groups is 1. The monoisotopic (exact) mass is 481 g/mol. The SMILES string of the molecule is O=C(C1=CC=CN2CCS(=O)(=O)N=C12)N1CCN(S(=O)(=O)c2ccccc2[N+](=O)[O-])CC1. The third-order valence-corrected chi connectivity index (χ3v) is 8.39. The molecule has 0 N–H and O–H groups in total. The average molecular weight is 482 g/mol. The van der Waals surface area contributed by atoms with Crippen LogP contribution in [0.15, 0.2) is 57.5 Å². The summed E-state index contributed by atoms with van der Waals surface area (Å²) in [7, 11) is -7.79.